The molecule has 7 nitrogen and oxygen atoms in total. The van der Waals surface area contributed by atoms with Crippen molar-refractivity contribution in [1.82, 2.24) is 29.9 Å². The number of hydrogen-bond donors (Lipinski definition) is 0. The van der Waals surface area contributed by atoms with Crippen molar-refractivity contribution in [1.29, 1.82) is 0 Å². The largest absolute Gasteiger partial charge is 0.419 e. The summed E-state index contributed by atoms with van der Waals surface area (Å²) in [7, 11) is 3.98. The second-order valence-electron chi connectivity index (χ2n) is 8.35. The summed E-state index contributed by atoms with van der Waals surface area (Å²) in [6.45, 7) is 2.06. The summed E-state index contributed by atoms with van der Waals surface area (Å²) in [5.41, 5.74) is 2.23. The van der Waals surface area contributed by atoms with Gasteiger partial charge in [-0.3, -0.25) is 9.47 Å². The summed E-state index contributed by atoms with van der Waals surface area (Å²) in [4.78, 5) is 4.55. The van der Waals surface area contributed by atoms with Crippen LogP contribution in [0, 0.1) is 5.82 Å². The molecule has 0 bridgehead atoms. The highest BCUT2D eigenvalue weighted by atomic mass is 32.2. The zero-order valence-electron chi connectivity index (χ0n) is 18.8. The summed E-state index contributed by atoms with van der Waals surface area (Å²) in [5.74, 6) is 2.08. The van der Waals surface area contributed by atoms with Gasteiger partial charge in [0.2, 0.25) is 5.89 Å². The number of rotatable bonds is 7. The fourth-order valence-corrected chi connectivity index (χ4v) is 5.81. The maximum absolute atomic E-state index is 13.5. The van der Waals surface area contributed by atoms with E-state index in [1.807, 2.05) is 18.7 Å². The van der Waals surface area contributed by atoms with Crippen LogP contribution in [-0.4, -0.2) is 44.0 Å². The Morgan fingerprint density at radius 1 is 1.12 bits per heavy atom. The molecule has 1 aliphatic rings. The lowest BCUT2D eigenvalue weighted by Crippen LogP contribution is -2.20. The first-order valence-electron chi connectivity index (χ1n) is 10.9. The van der Waals surface area contributed by atoms with E-state index >= 15 is 0 Å². The average Bonchev–Trinajstić information content (AvgIpc) is 3.55. The Labute approximate surface area is 200 Å². The van der Waals surface area contributed by atoms with Crippen LogP contribution in [0.15, 0.2) is 39.9 Å². The molecule has 0 aliphatic heterocycles. The highest BCUT2D eigenvalue weighted by molar-refractivity contribution is 7.98. The first-order chi connectivity index (χ1) is 16.0. The van der Waals surface area contributed by atoms with E-state index in [2.05, 4.69) is 38.3 Å². The van der Waals surface area contributed by atoms with Crippen LogP contribution in [0.2, 0.25) is 0 Å². The van der Waals surface area contributed by atoms with Crippen LogP contribution in [0.1, 0.15) is 48.0 Å². The van der Waals surface area contributed by atoms with Crippen molar-refractivity contribution in [3.05, 3.63) is 58.3 Å². The Kier molecular flexibility index (Phi) is 6.31. The van der Waals surface area contributed by atoms with E-state index in [-0.39, 0.29) is 11.9 Å². The molecule has 33 heavy (non-hydrogen) atoms. The molecular formula is C23H25FN6OS2. The standard InChI is InChI=1S/C23H25FN6OS2/c1-14(29(2)3)21-26-28-23(30(21)17-10-8-16(24)9-11-17)32-13-20-25-27-22(31-20)19-12-15-6-4-5-7-18(15)33-19/h8-12,14H,4-7,13H2,1-3H3. The smallest absolute Gasteiger partial charge is 0.257 e. The summed E-state index contributed by atoms with van der Waals surface area (Å²) < 4.78 is 21.5. The van der Waals surface area contributed by atoms with Crippen molar-refractivity contribution in [2.24, 2.45) is 0 Å². The van der Waals surface area contributed by atoms with Gasteiger partial charge in [0.25, 0.3) is 5.89 Å². The van der Waals surface area contributed by atoms with E-state index in [1.54, 1.807) is 23.5 Å². The summed E-state index contributed by atoms with van der Waals surface area (Å²) in [6.07, 6.45) is 4.78. The molecule has 0 fully saturated rings. The SMILES string of the molecule is CC(c1nnc(SCc2nnc(-c3cc4c(s3)CCCC4)o2)n1-c1ccc(F)cc1)N(C)C. The van der Waals surface area contributed by atoms with Crippen LogP contribution >= 0.6 is 23.1 Å². The lowest BCUT2D eigenvalue weighted by atomic mass is 9.99. The van der Waals surface area contributed by atoms with E-state index in [0.29, 0.717) is 22.7 Å². The normalized spacial score (nSPS) is 14.6. The molecule has 0 saturated heterocycles. The molecule has 1 unspecified atom stereocenters. The van der Waals surface area contributed by atoms with Gasteiger partial charge in [-0.1, -0.05) is 11.8 Å². The number of halogens is 1. The van der Waals surface area contributed by atoms with E-state index in [9.17, 15) is 4.39 Å². The summed E-state index contributed by atoms with van der Waals surface area (Å²) in [6, 6.07) is 8.58. The molecule has 3 heterocycles. The molecule has 0 radical (unpaired) electrons. The number of fused-ring (bicyclic) bond motifs is 1. The molecule has 0 saturated carbocycles. The van der Waals surface area contributed by atoms with Crippen molar-refractivity contribution in [2.45, 2.75) is 49.6 Å². The fraction of sp³-hybridized carbons (Fsp3) is 0.391. The Hall–Kier alpha value is -2.56. The molecule has 0 spiro atoms. The number of thioether (sulfide) groups is 1. The van der Waals surface area contributed by atoms with Gasteiger partial charge in [-0.25, -0.2) is 4.39 Å². The summed E-state index contributed by atoms with van der Waals surface area (Å²) in [5, 5.41) is 18.1. The van der Waals surface area contributed by atoms with Gasteiger partial charge in [0.05, 0.1) is 16.7 Å². The second-order valence-corrected chi connectivity index (χ2v) is 10.4. The second kappa shape index (κ2) is 9.36. The van der Waals surface area contributed by atoms with E-state index in [4.69, 9.17) is 4.42 Å². The van der Waals surface area contributed by atoms with Crippen molar-refractivity contribution in [3.8, 4) is 16.5 Å². The minimum atomic E-state index is -0.281. The zero-order chi connectivity index (χ0) is 22.9. The molecule has 1 aliphatic carbocycles. The van der Waals surface area contributed by atoms with E-state index < -0.39 is 0 Å². The van der Waals surface area contributed by atoms with Gasteiger partial charge in [-0.15, -0.1) is 31.7 Å². The Morgan fingerprint density at radius 3 is 2.67 bits per heavy atom. The lowest BCUT2D eigenvalue weighted by Gasteiger charge is -2.20. The first kappa shape index (κ1) is 22.2. The Bertz CT molecular complexity index is 1220. The fourth-order valence-electron chi connectivity index (χ4n) is 3.84. The first-order valence-corrected chi connectivity index (χ1v) is 12.7. The van der Waals surface area contributed by atoms with Gasteiger partial charge < -0.3 is 4.42 Å². The van der Waals surface area contributed by atoms with Crippen molar-refractivity contribution in [2.75, 3.05) is 14.1 Å². The molecule has 0 amide bonds. The van der Waals surface area contributed by atoms with Gasteiger partial charge in [-0.2, -0.15) is 0 Å². The van der Waals surface area contributed by atoms with Crippen LogP contribution < -0.4 is 0 Å². The van der Waals surface area contributed by atoms with Gasteiger partial charge in [0, 0.05) is 10.6 Å². The Balaban J connectivity index is 1.38. The number of nitrogens with zero attached hydrogens (tertiary/aromatic N) is 6. The molecule has 4 aromatic rings. The molecule has 3 aromatic heterocycles. The number of hydrogen-bond acceptors (Lipinski definition) is 8. The predicted octanol–water partition coefficient (Wildman–Crippen LogP) is 5.31. The zero-order valence-corrected chi connectivity index (χ0v) is 20.4. The van der Waals surface area contributed by atoms with E-state index in [0.717, 1.165) is 29.2 Å². The molecular weight excluding hydrogens is 459 g/mol. The minimum Gasteiger partial charge on any atom is -0.419 e. The third kappa shape index (κ3) is 4.60. The molecule has 1 atom stereocenters. The van der Waals surface area contributed by atoms with Crippen molar-refractivity contribution < 1.29 is 8.81 Å². The molecule has 172 valence electrons. The Morgan fingerprint density at radius 2 is 1.91 bits per heavy atom. The molecule has 0 N–H and O–H groups in total. The molecule has 5 rings (SSSR count). The lowest BCUT2D eigenvalue weighted by molar-refractivity contribution is 0.305. The van der Waals surface area contributed by atoms with Gasteiger partial charge >= 0.3 is 0 Å². The maximum Gasteiger partial charge on any atom is 0.257 e. The van der Waals surface area contributed by atoms with Crippen LogP contribution in [-0.2, 0) is 18.6 Å². The highest BCUT2D eigenvalue weighted by Crippen LogP contribution is 2.36. The number of aryl methyl sites for hydroxylation is 2. The maximum atomic E-state index is 13.5. The number of thiophene rings is 1. The van der Waals surface area contributed by atoms with Gasteiger partial charge in [0.1, 0.15) is 5.82 Å². The van der Waals surface area contributed by atoms with Crippen LogP contribution in [0.5, 0.6) is 0 Å². The topological polar surface area (TPSA) is 72.9 Å². The average molecular weight is 485 g/mol. The monoisotopic (exact) mass is 484 g/mol. The molecule has 1 aromatic carbocycles. The van der Waals surface area contributed by atoms with Crippen LogP contribution in [0.4, 0.5) is 4.39 Å². The van der Waals surface area contributed by atoms with Crippen molar-refractivity contribution >= 4 is 23.1 Å². The number of aromatic nitrogens is 5. The van der Waals surface area contributed by atoms with Crippen LogP contribution in [0.3, 0.4) is 0 Å². The van der Waals surface area contributed by atoms with Gasteiger partial charge in [0.15, 0.2) is 11.0 Å². The number of benzene rings is 1. The minimum absolute atomic E-state index is 0.0248. The van der Waals surface area contributed by atoms with Crippen molar-refractivity contribution in [3.63, 3.8) is 0 Å². The highest BCUT2D eigenvalue weighted by Gasteiger charge is 2.22. The quantitative estimate of drug-likeness (QED) is 0.329. The third-order valence-electron chi connectivity index (χ3n) is 5.89. The van der Waals surface area contributed by atoms with Gasteiger partial charge in [-0.05, 0) is 82.6 Å². The third-order valence-corrected chi connectivity index (χ3v) is 8.03. The van der Waals surface area contributed by atoms with Crippen LogP contribution in [0.25, 0.3) is 16.5 Å². The molecule has 10 heteroatoms. The van der Waals surface area contributed by atoms with E-state index in [1.165, 1.54) is 47.2 Å². The predicted molar refractivity (Wildman–Crippen MR) is 127 cm³/mol. The summed E-state index contributed by atoms with van der Waals surface area (Å²) >= 11 is 3.23.